The number of hydrogen-bond donors (Lipinski definition) is 1. The smallest absolute Gasteiger partial charge is 0.233 e. The summed E-state index contributed by atoms with van der Waals surface area (Å²) < 4.78 is 5.60. The summed E-state index contributed by atoms with van der Waals surface area (Å²) in [7, 11) is 0. The lowest BCUT2D eigenvalue weighted by molar-refractivity contribution is 0.134. The van der Waals surface area contributed by atoms with Crippen molar-refractivity contribution in [3.63, 3.8) is 0 Å². The summed E-state index contributed by atoms with van der Waals surface area (Å²) in [5.74, 6) is 1.22. The highest BCUT2D eigenvalue weighted by Gasteiger charge is 2.21. The van der Waals surface area contributed by atoms with Gasteiger partial charge in [0.1, 0.15) is 0 Å². The Kier molecular flexibility index (Phi) is 5.20. The third kappa shape index (κ3) is 3.61. The highest BCUT2D eigenvalue weighted by molar-refractivity contribution is 5.08. The number of aliphatic hydroxyl groups excluding tert-OH is 1. The minimum absolute atomic E-state index is 0.0462. The minimum atomic E-state index is -0.0462. The topological polar surface area (TPSA) is 75.3 Å². The summed E-state index contributed by atoms with van der Waals surface area (Å²) in [6, 6.07) is 3.86. The fourth-order valence-corrected chi connectivity index (χ4v) is 2.00. The molecule has 0 fully saturated rings. The van der Waals surface area contributed by atoms with Crippen LogP contribution in [-0.2, 0) is 13.0 Å². The second kappa shape index (κ2) is 7.12. The zero-order chi connectivity index (χ0) is 14.4. The van der Waals surface area contributed by atoms with Gasteiger partial charge in [0.2, 0.25) is 11.8 Å². The summed E-state index contributed by atoms with van der Waals surface area (Å²) >= 11 is 0. The normalized spacial score (nSPS) is 12.8. The molecule has 0 saturated carbocycles. The highest BCUT2D eigenvalue weighted by Crippen LogP contribution is 2.21. The Balaban J connectivity index is 2.10. The molecule has 0 aliphatic carbocycles. The first-order chi connectivity index (χ1) is 9.74. The molecule has 0 spiro atoms. The first kappa shape index (κ1) is 14.6. The van der Waals surface area contributed by atoms with Crippen molar-refractivity contribution in [2.75, 3.05) is 13.2 Å². The Morgan fingerprint density at radius 1 is 1.40 bits per heavy atom. The van der Waals surface area contributed by atoms with E-state index in [1.807, 2.05) is 32.2 Å². The van der Waals surface area contributed by atoms with Crippen LogP contribution in [0.4, 0.5) is 0 Å². The summed E-state index contributed by atoms with van der Waals surface area (Å²) in [6.07, 6.45) is 4.29. The lowest BCUT2D eigenvalue weighted by Gasteiger charge is -2.25. The summed E-state index contributed by atoms with van der Waals surface area (Å²) in [6.45, 7) is 5.28. The second-order valence-corrected chi connectivity index (χ2v) is 4.62. The zero-order valence-electron chi connectivity index (χ0n) is 11.9. The SMILES string of the molecule is CCc1nnc(C(C)N(CCO)Cc2cccnc2)o1. The Morgan fingerprint density at radius 3 is 2.85 bits per heavy atom. The standard InChI is InChI=1S/C14H20N4O2/c1-3-13-16-17-14(20-13)11(2)18(7-8-19)10-12-5-4-6-15-9-12/h4-6,9,11,19H,3,7-8,10H2,1-2H3. The zero-order valence-corrected chi connectivity index (χ0v) is 11.9. The van der Waals surface area contributed by atoms with Gasteiger partial charge in [-0.05, 0) is 18.6 Å². The molecular weight excluding hydrogens is 256 g/mol. The fraction of sp³-hybridized carbons (Fsp3) is 0.500. The number of pyridine rings is 1. The number of nitrogens with zero attached hydrogens (tertiary/aromatic N) is 4. The third-order valence-corrected chi connectivity index (χ3v) is 3.19. The van der Waals surface area contributed by atoms with Gasteiger partial charge in [-0.2, -0.15) is 0 Å². The van der Waals surface area contributed by atoms with Crippen LogP contribution in [0.15, 0.2) is 28.9 Å². The lowest BCUT2D eigenvalue weighted by Crippen LogP contribution is -2.29. The van der Waals surface area contributed by atoms with Gasteiger partial charge >= 0.3 is 0 Å². The van der Waals surface area contributed by atoms with Crippen molar-refractivity contribution in [1.29, 1.82) is 0 Å². The molecule has 2 rings (SSSR count). The van der Waals surface area contributed by atoms with Crippen LogP contribution in [0, 0.1) is 0 Å². The molecular formula is C14H20N4O2. The molecule has 1 N–H and O–H groups in total. The van der Waals surface area contributed by atoms with Crippen molar-refractivity contribution in [3.8, 4) is 0 Å². The van der Waals surface area contributed by atoms with Crippen molar-refractivity contribution in [3.05, 3.63) is 41.9 Å². The van der Waals surface area contributed by atoms with Gasteiger partial charge in [-0.3, -0.25) is 9.88 Å². The van der Waals surface area contributed by atoms with Crippen LogP contribution in [0.5, 0.6) is 0 Å². The van der Waals surface area contributed by atoms with Crippen molar-refractivity contribution >= 4 is 0 Å². The third-order valence-electron chi connectivity index (χ3n) is 3.19. The monoisotopic (exact) mass is 276 g/mol. The predicted octanol–water partition coefficient (Wildman–Crippen LogP) is 1.58. The number of hydrogen-bond acceptors (Lipinski definition) is 6. The van der Waals surface area contributed by atoms with Gasteiger partial charge in [0, 0.05) is 31.9 Å². The van der Waals surface area contributed by atoms with Crippen molar-refractivity contribution in [2.45, 2.75) is 32.9 Å². The molecule has 2 aromatic rings. The minimum Gasteiger partial charge on any atom is -0.424 e. The highest BCUT2D eigenvalue weighted by atomic mass is 16.4. The van der Waals surface area contributed by atoms with E-state index in [9.17, 15) is 5.11 Å². The molecule has 0 radical (unpaired) electrons. The summed E-state index contributed by atoms with van der Waals surface area (Å²) in [4.78, 5) is 6.19. The van der Waals surface area contributed by atoms with E-state index in [1.165, 1.54) is 0 Å². The van der Waals surface area contributed by atoms with Crippen molar-refractivity contribution in [1.82, 2.24) is 20.1 Å². The van der Waals surface area contributed by atoms with E-state index >= 15 is 0 Å². The molecule has 6 nitrogen and oxygen atoms in total. The van der Waals surface area contributed by atoms with E-state index in [-0.39, 0.29) is 12.6 Å². The largest absolute Gasteiger partial charge is 0.424 e. The average molecular weight is 276 g/mol. The maximum absolute atomic E-state index is 9.24. The average Bonchev–Trinajstić information content (AvgIpc) is 2.96. The van der Waals surface area contributed by atoms with Gasteiger partial charge in [-0.25, -0.2) is 0 Å². The van der Waals surface area contributed by atoms with Gasteiger partial charge in [-0.15, -0.1) is 10.2 Å². The lowest BCUT2D eigenvalue weighted by atomic mass is 10.2. The van der Waals surface area contributed by atoms with Gasteiger partial charge in [0.15, 0.2) is 0 Å². The molecule has 6 heteroatoms. The fourth-order valence-electron chi connectivity index (χ4n) is 2.00. The molecule has 1 unspecified atom stereocenters. The molecule has 0 amide bonds. The molecule has 0 saturated heterocycles. The van der Waals surface area contributed by atoms with Crippen LogP contribution in [0.1, 0.15) is 37.2 Å². The Morgan fingerprint density at radius 2 is 2.25 bits per heavy atom. The molecule has 2 aromatic heterocycles. The van der Waals surface area contributed by atoms with Crippen molar-refractivity contribution in [2.24, 2.45) is 0 Å². The maximum atomic E-state index is 9.24. The van der Waals surface area contributed by atoms with Crippen LogP contribution in [0.2, 0.25) is 0 Å². The predicted molar refractivity (Wildman–Crippen MR) is 73.8 cm³/mol. The van der Waals surface area contributed by atoms with Gasteiger partial charge in [0.05, 0.1) is 12.6 Å². The quantitative estimate of drug-likeness (QED) is 0.827. The molecule has 0 aliphatic heterocycles. The van der Waals surface area contributed by atoms with Gasteiger partial charge in [0.25, 0.3) is 0 Å². The van der Waals surface area contributed by atoms with Crippen LogP contribution < -0.4 is 0 Å². The number of aryl methyl sites for hydroxylation is 1. The maximum Gasteiger partial charge on any atom is 0.233 e. The number of rotatable bonds is 7. The van der Waals surface area contributed by atoms with Crippen LogP contribution in [-0.4, -0.2) is 38.3 Å². The van der Waals surface area contributed by atoms with E-state index in [4.69, 9.17) is 4.42 Å². The van der Waals surface area contributed by atoms with E-state index in [2.05, 4.69) is 20.1 Å². The van der Waals surface area contributed by atoms with Gasteiger partial charge in [-0.1, -0.05) is 13.0 Å². The Bertz CT molecular complexity index is 515. The van der Waals surface area contributed by atoms with Crippen LogP contribution in [0.3, 0.4) is 0 Å². The molecule has 108 valence electrons. The Labute approximate surface area is 118 Å². The molecule has 2 heterocycles. The van der Waals surface area contributed by atoms with Crippen LogP contribution >= 0.6 is 0 Å². The Hall–Kier alpha value is -1.79. The first-order valence-electron chi connectivity index (χ1n) is 6.80. The van der Waals surface area contributed by atoms with Gasteiger partial charge < -0.3 is 9.52 Å². The first-order valence-corrected chi connectivity index (χ1v) is 6.80. The molecule has 0 bridgehead atoms. The van der Waals surface area contributed by atoms with E-state index in [0.717, 1.165) is 12.0 Å². The van der Waals surface area contributed by atoms with E-state index in [0.29, 0.717) is 24.9 Å². The number of aliphatic hydroxyl groups is 1. The number of aromatic nitrogens is 3. The van der Waals surface area contributed by atoms with E-state index < -0.39 is 0 Å². The molecule has 0 aromatic carbocycles. The summed E-state index contributed by atoms with van der Waals surface area (Å²) in [5, 5.41) is 17.3. The molecule has 0 aliphatic rings. The molecule has 20 heavy (non-hydrogen) atoms. The summed E-state index contributed by atoms with van der Waals surface area (Å²) in [5.41, 5.74) is 1.09. The van der Waals surface area contributed by atoms with E-state index in [1.54, 1.807) is 6.20 Å². The van der Waals surface area contributed by atoms with Crippen molar-refractivity contribution < 1.29 is 9.52 Å². The molecule has 1 atom stereocenters. The second-order valence-electron chi connectivity index (χ2n) is 4.62. The van der Waals surface area contributed by atoms with Crippen LogP contribution in [0.25, 0.3) is 0 Å².